The molecular weight excluding hydrogens is 279 g/mol. The molecule has 20 heavy (non-hydrogen) atoms. The van der Waals surface area contributed by atoms with E-state index in [1.807, 2.05) is 0 Å². The van der Waals surface area contributed by atoms with Crippen molar-refractivity contribution < 1.29 is 12.8 Å². The highest BCUT2D eigenvalue weighted by Gasteiger charge is 2.14. The summed E-state index contributed by atoms with van der Waals surface area (Å²) in [5, 5.41) is 2.91. The van der Waals surface area contributed by atoms with Crippen LogP contribution in [0, 0.1) is 5.82 Å². The fourth-order valence-electron chi connectivity index (χ4n) is 1.70. The van der Waals surface area contributed by atoms with Crippen LogP contribution in [0.15, 0.2) is 53.4 Å². The summed E-state index contributed by atoms with van der Waals surface area (Å²) in [5.41, 5.74) is 1.13. The van der Waals surface area contributed by atoms with Crippen LogP contribution in [0.4, 0.5) is 10.1 Å². The number of nitrogens with one attached hydrogen (secondary N) is 2. The third-order valence-electron chi connectivity index (χ3n) is 2.86. The maximum absolute atomic E-state index is 13.4. The number of sulfonamides is 1. The second-order valence-corrected chi connectivity index (χ2v) is 5.96. The molecule has 0 saturated heterocycles. The maximum Gasteiger partial charge on any atom is 0.240 e. The van der Waals surface area contributed by atoms with Crippen molar-refractivity contribution in [3.05, 3.63) is 59.9 Å². The normalized spacial score (nSPS) is 11.3. The van der Waals surface area contributed by atoms with Gasteiger partial charge in [-0.3, -0.25) is 0 Å². The highest BCUT2D eigenvalue weighted by atomic mass is 32.2. The van der Waals surface area contributed by atoms with Gasteiger partial charge in [0.2, 0.25) is 10.0 Å². The molecule has 0 aliphatic rings. The fourth-order valence-corrected chi connectivity index (χ4v) is 2.71. The quantitative estimate of drug-likeness (QED) is 0.890. The molecule has 0 unspecified atom stereocenters. The molecule has 0 saturated carbocycles. The van der Waals surface area contributed by atoms with E-state index in [1.54, 1.807) is 37.4 Å². The third-order valence-corrected chi connectivity index (χ3v) is 4.28. The number of halogens is 1. The monoisotopic (exact) mass is 294 g/mol. The summed E-state index contributed by atoms with van der Waals surface area (Å²) in [6.07, 6.45) is 0. The van der Waals surface area contributed by atoms with Gasteiger partial charge in [-0.25, -0.2) is 17.5 Å². The van der Waals surface area contributed by atoms with Gasteiger partial charge in [-0.15, -0.1) is 0 Å². The summed E-state index contributed by atoms with van der Waals surface area (Å²) in [7, 11) is -1.89. The number of hydrogen-bond acceptors (Lipinski definition) is 3. The van der Waals surface area contributed by atoms with Gasteiger partial charge in [0.1, 0.15) is 5.82 Å². The van der Waals surface area contributed by atoms with Crippen molar-refractivity contribution in [1.29, 1.82) is 0 Å². The molecule has 2 aromatic rings. The molecule has 106 valence electrons. The van der Waals surface area contributed by atoms with Crippen molar-refractivity contribution >= 4 is 15.7 Å². The summed E-state index contributed by atoms with van der Waals surface area (Å²) in [4.78, 5) is 0.146. The minimum absolute atomic E-state index is 0.0806. The fraction of sp³-hybridized carbons (Fsp3) is 0.143. The van der Waals surface area contributed by atoms with Crippen LogP contribution in [0.2, 0.25) is 0 Å². The smallest absolute Gasteiger partial charge is 0.240 e. The van der Waals surface area contributed by atoms with Gasteiger partial charge >= 0.3 is 0 Å². The number of hydrogen-bond donors (Lipinski definition) is 2. The Balaban J connectivity index is 2.13. The van der Waals surface area contributed by atoms with Crippen LogP contribution in [0.1, 0.15) is 5.56 Å². The predicted molar refractivity (Wildman–Crippen MR) is 76.4 cm³/mol. The Morgan fingerprint density at radius 2 is 1.70 bits per heavy atom. The molecule has 2 N–H and O–H groups in total. The van der Waals surface area contributed by atoms with E-state index in [9.17, 15) is 12.8 Å². The lowest BCUT2D eigenvalue weighted by molar-refractivity contribution is 0.574. The van der Waals surface area contributed by atoms with Crippen LogP contribution < -0.4 is 10.0 Å². The van der Waals surface area contributed by atoms with Crippen LogP contribution in [0.3, 0.4) is 0 Å². The summed E-state index contributed by atoms with van der Waals surface area (Å²) in [5.74, 6) is -0.430. The van der Waals surface area contributed by atoms with Gasteiger partial charge < -0.3 is 5.32 Å². The van der Waals surface area contributed by atoms with E-state index < -0.39 is 15.8 Å². The van der Waals surface area contributed by atoms with Crippen LogP contribution in [-0.4, -0.2) is 15.5 Å². The Kier molecular flexibility index (Phi) is 4.36. The summed E-state index contributed by atoms with van der Waals surface area (Å²) in [6, 6.07) is 12.4. The second-order valence-electron chi connectivity index (χ2n) is 4.19. The van der Waals surface area contributed by atoms with Crippen LogP contribution in [0.25, 0.3) is 0 Å². The minimum Gasteiger partial charge on any atom is -0.388 e. The zero-order valence-electron chi connectivity index (χ0n) is 10.9. The van der Waals surface area contributed by atoms with Crippen molar-refractivity contribution in [2.45, 2.75) is 11.4 Å². The first-order valence-electron chi connectivity index (χ1n) is 6.04. The Bertz CT molecular complexity index is 685. The molecule has 0 amide bonds. The minimum atomic E-state index is -3.64. The molecule has 0 spiro atoms. The van der Waals surface area contributed by atoms with E-state index >= 15 is 0 Å². The molecule has 0 bridgehead atoms. The van der Waals surface area contributed by atoms with Gasteiger partial charge in [0, 0.05) is 24.8 Å². The number of benzene rings is 2. The van der Waals surface area contributed by atoms with Crippen molar-refractivity contribution in [3.8, 4) is 0 Å². The lowest BCUT2D eigenvalue weighted by Crippen LogP contribution is -2.23. The van der Waals surface area contributed by atoms with Crippen molar-refractivity contribution in [3.63, 3.8) is 0 Å². The Morgan fingerprint density at radius 1 is 1.05 bits per heavy atom. The molecule has 0 atom stereocenters. The average Bonchev–Trinajstić information content (AvgIpc) is 2.46. The highest BCUT2D eigenvalue weighted by molar-refractivity contribution is 7.89. The Labute approximate surface area is 117 Å². The van der Waals surface area contributed by atoms with Crippen molar-refractivity contribution in [2.75, 3.05) is 12.4 Å². The predicted octanol–water partition coefficient (Wildman–Crippen LogP) is 2.35. The summed E-state index contributed by atoms with van der Waals surface area (Å²) < 4.78 is 39.9. The van der Waals surface area contributed by atoms with E-state index in [-0.39, 0.29) is 11.4 Å². The van der Waals surface area contributed by atoms with Gasteiger partial charge in [0.05, 0.1) is 4.90 Å². The molecule has 6 heteroatoms. The highest BCUT2D eigenvalue weighted by Crippen LogP contribution is 2.14. The van der Waals surface area contributed by atoms with E-state index in [2.05, 4.69) is 10.0 Å². The lowest BCUT2D eigenvalue weighted by Gasteiger charge is -2.08. The first kappa shape index (κ1) is 14.5. The van der Waals surface area contributed by atoms with Crippen LogP contribution in [-0.2, 0) is 16.6 Å². The number of anilines is 1. The average molecular weight is 294 g/mol. The summed E-state index contributed by atoms with van der Waals surface area (Å²) in [6.45, 7) is -0.0806. The lowest BCUT2D eigenvalue weighted by atomic mass is 10.2. The third kappa shape index (κ3) is 3.34. The second kappa shape index (κ2) is 6.02. The van der Waals surface area contributed by atoms with Crippen molar-refractivity contribution in [1.82, 2.24) is 4.72 Å². The van der Waals surface area contributed by atoms with Gasteiger partial charge in [-0.2, -0.15) is 0 Å². The molecule has 4 nitrogen and oxygen atoms in total. The van der Waals surface area contributed by atoms with Gasteiger partial charge in [-0.05, 0) is 30.3 Å². The zero-order chi connectivity index (χ0) is 14.6. The molecule has 0 aliphatic heterocycles. The molecule has 0 aromatic heterocycles. The molecule has 0 radical (unpaired) electrons. The largest absolute Gasteiger partial charge is 0.388 e. The first-order valence-corrected chi connectivity index (χ1v) is 7.52. The van der Waals surface area contributed by atoms with E-state index in [0.717, 1.165) is 5.69 Å². The number of rotatable bonds is 5. The van der Waals surface area contributed by atoms with E-state index in [1.165, 1.54) is 18.2 Å². The van der Waals surface area contributed by atoms with E-state index in [4.69, 9.17) is 0 Å². The Hall–Kier alpha value is -1.92. The molecule has 0 heterocycles. The van der Waals surface area contributed by atoms with Gasteiger partial charge in [0.25, 0.3) is 0 Å². The van der Waals surface area contributed by atoms with Crippen LogP contribution >= 0.6 is 0 Å². The molecule has 0 fully saturated rings. The first-order chi connectivity index (χ1) is 9.53. The molecule has 0 aliphatic carbocycles. The van der Waals surface area contributed by atoms with E-state index in [0.29, 0.717) is 5.56 Å². The Morgan fingerprint density at radius 3 is 2.30 bits per heavy atom. The van der Waals surface area contributed by atoms with Gasteiger partial charge in [0.15, 0.2) is 0 Å². The topological polar surface area (TPSA) is 58.2 Å². The van der Waals surface area contributed by atoms with Crippen molar-refractivity contribution in [2.24, 2.45) is 0 Å². The standard InChI is InChI=1S/C14H15FN2O2S/c1-16-12-6-8-13(9-7-12)20(18,19)17-10-11-4-2-3-5-14(11)15/h2-9,16-17H,10H2,1H3. The summed E-state index contributed by atoms with van der Waals surface area (Å²) >= 11 is 0. The molecule has 2 aromatic carbocycles. The SMILES string of the molecule is CNc1ccc(S(=O)(=O)NCc2ccccc2F)cc1. The zero-order valence-corrected chi connectivity index (χ0v) is 11.7. The van der Waals surface area contributed by atoms with Gasteiger partial charge in [-0.1, -0.05) is 18.2 Å². The van der Waals surface area contributed by atoms with Crippen LogP contribution in [0.5, 0.6) is 0 Å². The molecular formula is C14H15FN2O2S. The molecule has 2 rings (SSSR count). The maximum atomic E-state index is 13.4.